The molecule has 0 aliphatic heterocycles. The average molecular weight is 253 g/mol. The van der Waals surface area contributed by atoms with Crippen molar-refractivity contribution in [3.05, 3.63) is 12.2 Å². The van der Waals surface area contributed by atoms with E-state index in [9.17, 15) is 0 Å². The second-order valence-corrected chi connectivity index (χ2v) is 5.27. The van der Waals surface area contributed by atoms with Crippen molar-refractivity contribution in [2.45, 2.75) is 84.5 Å². The summed E-state index contributed by atoms with van der Waals surface area (Å²) in [6.45, 7) is 6.79. The Morgan fingerprint density at radius 1 is 0.611 bits per heavy atom. The van der Waals surface area contributed by atoms with E-state index in [1.807, 2.05) is 0 Å². The SMILES string of the molecule is CCCCCCCCCCC=CCCNCCC. The van der Waals surface area contributed by atoms with Crippen molar-refractivity contribution in [2.24, 2.45) is 0 Å². The Labute approximate surface area is 115 Å². The molecule has 0 spiro atoms. The molecular formula is C17H35N. The fraction of sp³-hybridized carbons (Fsp3) is 0.882. The first-order valence-electron chi connectivity index (χ1n) is 8.27. The van der Waals surface area contributed by atoms with Gasteiger partial charge in [-0.2, -0.15) is 0 Å². The number of hydrogen-bond acceptors (Lipinski definition) is 1. The molecule has 0 amide bonds. The molecule has 1 heteroatoms. The summed E-state index contributed by atoms with van der Waals surface area (Å²) in [5.41, 5.74) is 0. The molecule has 0 aromatic heterocycles. The zero-order valence-corrected chi connectivity index (χ0v) is 12.8. The van der Waals surface area contributed by atoms with Crippen LogP contribution in [-0.4, -0.2) is 13.1 Å². The quantitative estimate of drug-likeness (QED) is 0.320. The van der Waals surface area contributed by atoms with Gasteiger partial charge in [-0.3, -0.25) is 0 Å². The van der Waals surface area contributed by atoms with E-state index in [1.54, 1.807) is 0 Å². The van der Waals surface area contributed by atoms with Crippen LogP contribution in [0.1, 0.15) is 84.5 Å². The van der Waals surface area contributed by atoms with Crippen molar-refractivity contribution in [3.63, 3.8) is 0 Å². The van der Waals surface area contributed by atoms with Crippen LogP contribution in [-0.2, 0) is 0 Å². The second kappa shape index (κ2) is 16.7. The van der Waals surface area contributed by atoms with Gasteiger partial charge in [-0.05, 0) is 38.8 Å². The van der Waals surface area contributed by atoms with E-state index in [4.69, 9.17) is 0 Å². The Bertz CT molecular complexity index is 163. The van der Waals surface area contributed by atoms with Gasteiger partial charge in [-0.25, -0.2) is 0 Å². The molecule has 1 nitrogen and oxygen atoms in total. The van der Waals surface area contributed by atoms with Crippen molar-refractivity contribution >= 4 is 0 Å². The van der Waals surface area contributed by atoms with E-state index in [0.29, 0.717) is 0 Å². The normalized spacial score (nSPS) is 11.4. The van der Waals surface area contributed by atoms with Crippen LogP contribution in [0.25, 0.3) is 0 Å². The van der Waals surface area contributed by atoms with Gasteiger partial charge in [-0.15, -0.1) is 0 Å². The summed E-state index contributed by atoms with van der Waals surface area (Å²) in [6.07, 6.45) is 19.8. The molecule has 0 heterocycles. The first-order valence-corrected chi connectivity index (χ1v) is 8.27. The van der Waals surface area contributed by atoms with Crippen molar-refractivity contribution < 1.29 is 0 Å². The molecule has 0 fully saturated rings. The van der Waals surface area contributed by atoms with Crippen LogP contribution in [0.5, 0.6) is 0 Å². The van der Waals surface area contributed by atoms with Crippen molar-refractivity contribution in [1.82, 2.24) is 5.32 Å². The molecule has 0 bridgehead atoms. The molecule has 0 aliphatic carbocycles. The summed E-state index contributed by atoms with van der Waals surface area (Å²) >= 11 is 0. The van der Waals surface area contributed by atoms with Crippen LogP contribution in [0.3, 0.4) is 0 Å². The summed E-state index contributed by atoms with van der Waals surface area (Å²) in [4.78, 5) is 0. The van der Waals surface area contributed by atoms with Gasteiger partial charge in [0.1, 0.15) is 0 Å². The zero-order valence-electron chi connectivity index (χ0n) is 12.8. The molecule has 0 radical (unpaired) electrons. The van der Waals surface area contributed by atoms with Crippen LogP contribution in [0, 0.1) is 0 Å². The smallest absolute Gasteiger partial charge is 0.00143 e. The highest BCUT2D eigenvalue weighted by Crippen LogP contribution is 2.09. The summed E-state index contributed by atoms with van der Waals surface area (Å²) in [5.74, 6) is 0. The molecule has 0 rings (SSSR count). The van der Waals surface area contributed by atoms with Crippen LogP contribution in [0.4, 0.5) is 0 Å². The van der Waals surface area contributed by atoms with Crippen LogP contribution < -0.4 is 5.32 Å². The maximum Gasteiger partial charge on any atom is -0.00143 e. The molecule has 18 heavy (non-hydrogen) atoms. The van der Waals surface area contributed by atoms with Gasteiger partial charge in [0.15, 0.2) is 0 Å². The van der Waals surface area contributed by atoms with Gasteiger partial charge in [0.25, 0.3) is 0 Å². The Kier molecular flexibility index (Phi) is 16.4. The lowest BCUT2D eigenvalue weighted by Crippen LogP contribution is -2.14. The van der Waals surface area contributed by atoms with Gasteiger partial charge in [-0.1, -0.05) is 70.9 Å². The van der Waals surface area contributed by atoms with Gasteiger partial charge in [0.05, 0.1) is 0 Å². The predicted octanol–water partition coefficient (Wildman–Crippen LogP) is 5.46. The van der Waals surface area contributed by atoms with Crippen molar-refractivity contribution in [2.75, 3.05) is 13.1 Å². The number of unbranched alkanes of at least 4 members (excludes halogenated alkanes) is 8. The third-order valence-corrected chi connectivity index (χ3v) is 3.31. The molecule has 0 aromatic rings. The van der Waals surface area contributed by atoms with Crippen LogP contribution in [0.2, 0.25) is 0 Å². The monoisotopic (exact) mass is 253 g/mol. The fourth-order valence-corrected chi connectivity index (χ4v) is 2.12. The summed E-state index contributed by atoms with van der Waals surface area (Å²) < 4.78 is 0. The minimum Gasteiger partial charge on any atom is -0.316 e. The topological polar surface area (TPSA) is 12.0 Å². The molecule has 108 valence electrons. The third kappa shape index (κ3) is 15.7. The predicted molar refractivity (Wildman–Crippen MR) is 84.1 cm³/mol. The molecule has 0 saturated heterocycles. The maximum atomic E-state index is 3.42. The number of allylic oxidation sites excluding steroid dienone is 1. The molecule has 0 aliphatic rings. The Hall–Kier alpha value is -0.300. The van der Waals surface area contributed by atoms with Gasteiger partial charge in [0.2, 0.25) is 0 Å². The minimum absolute atomic E-state index is 1.14. The summed E-state index contributed by atoms with van der Waals surface area (Å²) in [6, 6.07) is 0. The highest BCUT2D eigenvalue weighted by atomic mass is 14.8. The molecule has 0 saturated carbocycles. The number of nitrogens with one attached hydrogen (secondary N) is 1. The second-order valence-electron chi connectivity index (χ2n) is 5.27. The van der Waals surface area contributed by atoms with Gasteiger partial charge in [0, 0.05) is 0 Å². The van der Waals surface area contributed by atoms with Crippen LogP contribution in [0.15, 0.2) is 12.2 Å². The largest absolute Gasteiger partial charge is 0.316 e. The van der Waals surface area contributed by atoms with E-state index in [0.717, 1.165) is 13.1 Å². The lowest BCUT2D eigenvalue weighted by atomic mass is 10.1. The molecule has 1 N–H and O–H groups in total. The van der Waals surface area contributed by atoms with Gasteiger partial charge >= 0.3 is 0 Å². The highest BCUT2D eigenvalue weighted by Gasteiger charge is 1.90. The lowest BCUT2D eigenvalue weighted by Gasteiger charge is -2.00. The Balaban J connectivity index is 2.99. The van der Waals surface area contributed by atoms with Crippen molar-refractivity contribution in [1.29, 1.82) is 0 Å². The molecule has 0 unspecified atom stereocenters. The molecular weight excluding hydrogens is 218 g/mol. The number of hydrogen-bond donors (Lipinski definition) is 1. The van der Waals surface area contributed by atoms with Gasteiger partial charge < -0.3 is 5.32 Å². The molecule has 0 atom stereocenters. The third-order valence-electron chi connectivity index (χ3n) is 3.31. The lowest BCUT2D eigenvalue weighted by molar-refractivity contribution is 0.577. The summed E-state index contributed by atoms with van der Waals surface area (Å²) in [5, 5.41) is 3.42. The highest BCUT2D eigenvalue weighted by molar-refractivity contribution is 4.81. The average Bonchev–Trinajstić information content (AvgIpc) is 2.39. The standard InChI is InChI=1S/C17H35N/c1-3-5-6-7-8-9-10-11-12-13-14-15-17-18-16-4-2/h13-14,18H,3-12,15-17H2,1-2H3. The first kappa shape index (κ1) is 17.7. The Morgan fingerprint density at radius 3 is 1.89 bits per heavy atom. The van der Waals surface area contributed by atoms with E-state index >= 15 is 0 Å². The summed E-state index contributed by atoms with van der Waals surface area (Å²) in [7, 11) is 0. The zero-order chi connectivity index (χ0) is 13.3. The fourth-order valence-electron chi connectivity index (χ4n) is 2.12. The van der Waals surface area contributed by atoms with E-state index in [-0.39, 0.29) is 0 Å². The van der Waals surface area contributed by atoms with E-state index in [2.05, 4.69) is 31.3 Å². The number of rotatable bonds is 14. The molecule has 0 aromatic carbocycles. The van der Waals surface area contributed by atoms with Crippen LogP contribution >= 0.6 is 0 Å². The Morgan fingerprint density at radius 2 is 1.22 bits per heavy atom. The minimum atomic E-state index is 1.14. The maximum absolute atomic E-state index is 3.42. The van der Waals surface area contributed by atoms with Crippen molar-refractivity contribution in [3.8, 4) is 0 Å². The van der Waals surface area contributed by atoms with E-state index in [1.165, 1.54) is 70.6 Å². The van der Waals surface area contributed by atoms with E-state index < -0.39 is 0 Å². The first-order chi connectivity index (χ1) is 8.91.